The van der Waals surface area contributed by atoms with Crippen molar-refractivity contribution >= 4 is 5.97 Å². The fourth-order valence-corrected chi connectivity index (χ4v) is 2.14. The van der Waals surface area contributed by atoms with E-state index in [1.54, 1.807) is 18.2 Å². The number of carboxylic acid groups (broad SMARTS) is 1. The molecule has 0 fully saturated rings. The molecule has 2 aromatic carbocycles. The van der Waals surface area contributed by atoms with Gasteiger partial charge in [0.1, 0.15) is 24.0 Å². The van der Waals surface area contributed by atoms with Crippen LogP contribution in [0.4, 0.5) is 0 Å². The fourth-order valence-electron chi connectivity index (χ4n) is 2.14. The minimum atomic E-state index is -0.937. The number of carbonyl (C=O) groups is 1. The van der Waals surface area contributed by atoms with Gasteiger partial charge in [0, 0.05) is 5.56 Å². The van der Waals surface area contributed by atoms with Gasteiger partial charge in [-0.2, -0.15) is 0 Å². The maximum atomic E-state index is 11.5. The number of aliphatic carboxylic acids is 1. The van der Waals surface area contributed by atoms with Gasteiger partial charge in [-0.05, 0) is 24.6 Å². The highest BCUT2D eigenvalue weighted by Gasteiger charge is 2.24. The second-order valence-electron chi connectivity index (χ2n) is 4.71. The van der Waals surface area contributed by atoms with Crippen molar-refractivity contribution in [3.8, 4) is 11.5 Å². The molecule has 110 valence electrons. The largest absolute Gasteiger partial charge is 0.496 e. The number of ether oxygens (including phenoxy) is 2. The zero-order valence-electron chi connectivity index (χ0n) is 12.1. The third-order valence-electron chi connectivity index (χ3n) is 3.31. The van der Waals surface area contributed by atoms with E-state index in [9.17, 15) is 9.90 Å². The Labute approximate surface area is 123 Å². The fraction of sp³-hybridized carbons (Fsp3) is 0.235. The molecule has 1 N–H and O–H groups in total. The summed E-state index contributed by atoms with van der Waals surface area (Å²) in [5.41, 5.74) is 1.59. The Kier molecular flexibility index (Phi) is 4.82. The van der Waals surface area contributed by atoms with Crippen molar-refractivity contribution in [3.05, 3.63) is 59.7 Å². The van der Waals surface area contributed by atoms with Crippen molar-refractivity contribution in [2.24, 2.45) is 0 Å². The van der Waals surface area contributed by atoms with Crippen LogP contribution in [0.15, 0.2) is 48.5 Å². The standard InChI is InChI=1S/C17H18O4/c1-12-7-3-5-9-15(12)21-11-14(17(18)19)13-8-4-6-10-16(13)20-2/h3-10,14H,11H2,1-2H3,(H,18,19). The first-order chi connectivity index (χ1) is 10.1. The molecule has 0 saturated carbocycles. The maximum absolute atomic E-state index is 11.5. The molecule has 1 unspecified atom stereocenters. The second-order valence-corrected chi connectivity index (χ2v) is 4.71. The van der Waals surface area contributed by atoms with E-state index in [1.807, 2.05) is 37.3 Å². The average molecular weight is 286 g/mol. The highest BCUT2D eigenvalue weighted by Crippen LogP contribution is 2.28. The number of hydrogen-bond acceptors (Lipinski definition) is 3. The molecule has 0 bridgehead atoms. The molecule has 0 aliphatic heterocycles. The van der Waals surface area contributed by atoms with Gasteiger partial charge in [0.15, 0.2) is 0 Å². The summed E-state index contributed by atoms with van der Waals surface area (Å²) in [6, 6.07) is 14.6. The Bertz CT molecular complexity index is 622. The summed E-state index contributed by atoms with van der Waals surface area (Å²) in [5, 5.41) is 9.46. The SMILES string of the molecule is COc1ccccc1C(COc1ccccc1C)C(=O)O. The number of methoxy groups -OCH3 is 1. The summed E-state index contributed by atoms with van der Waals surface area (Å²) in [4.78, 5) is 11.5. The molecule has 1 atom stereocenters. The Morgan fingerprint density at radius 1 is 1.10 bits per heavy atom. The zero-order chi connectivity index (χ0) is 15.2. The van der Waals surface area contributed by atoms with Gasteiger partial charge in [0.25, 0.3) is 0 Å². The van der Waals surface area contributed by atoms with Crippen molar-refractivity contribution in [1.82, 2.24) is 0 Å². The van der Waals surface area contributed by atoms with Gasteiger partial charge in [-0.3, -0.25) is 4.79 Å². The third-order valence-corrected chi connectivity index (χ3v) is 3.31. The van der Waals surface area contributed by atoms with Crippen molar-refractivity contribution in [2.45, 2.75) is 12.8 Å². The molecule has 0 radical (unpaired) electrons. The van der Waals surface area contributed by atoms with Crippen LogP contribution >= 0.6 is 0 Å². The lowest BCUT2D eigenvalue weighted by Crippen LogP contribution is -2.20. The molecular formula is C17H18O4. The van der Waals surface area contributed by atoms with Crippen LogP contribution in [-0.2, 0) is 4.79 Å². The highest BCUT2D eigenvalue weighted by atomic mass is 16.5. The van der Waals surface area contributed by atoms with Gasteiger partial charge in [-0.1, -0.05) is 36.4 Å². The summed E-state index contributed by atoms with van der Waals surface area (Å²) in [6.07, 6.45) is 0. The zero-order valence-corrected chi connectivity index (χ0v) is 12.1. The summed E-state index contributed by atoms with van der Waals surface area (Å²) in [6.45, 7) is 1.98. The Morgan fingerprint density at radius 2 is 1.71 bits per heavy atom. The minimum absolute atomic E-state index is 0.0561. The molecule has 0 aliphatic rings. The molecule has 0 saturated heterocycles. The van der Waals surface area contributed by atoms with Gasteiger partial charge in [-0.15, -0.1) is 0 Å². The Balaban J connectivity index is 2.21. The summed E-state index contributed by atoms with van der Waals surface area (Å²) >= 11 is 0. The van der Waals surface area contributed by atoms with E-state index in [2.05, 4.69) is 0 Å². The Hall–Kier alpha value is -2.49. The van der Waals surface area contributed by atoms with Gasteiger partial charge in [-0.25, -0.2) is 0 Å². The van der Waals surface area contributed by atoms with Crippen LogP contribution < -0.4 is 9.47 Å². The second kappa shape index (κ2) is 6.79. The van der Waals surface area contributed by atoms with Crippen LogP contribution in [0.5, 0.6) is 11.5 Å². The van der Waals surface area contributed by atoms with E-state index < -0.39 is 11.9 Å². The number of para-hydroxylation sites is 2. The van der Waals surface area contributed by atoms with Crippen LogP contribution in [0.2, 0.25) is 0 Å². The van der Waals surface area contributed by atoms with Gasteiger partial charge < -0.3 is 14.6 Å². The van der Waals surface area contributed by atoms with Gasteiger partial charge >= 0.3 is 5.97 Å². The lowest BCUT2D eigenvalue weighted by atomic mass is 9.99. The van der Waals surface area contributed by atoms with Crippen LogP contribution in [-0.4, -0.2) is 24.8 Å². The highest BCUT2D eigenvalue weighted by molar-refractivity contribution is 5.77. The Morgan fingerprint density at radius 3 is 2.33 bits per heavy atom. The molecule has 0 aromatic heterocycles. The summed E-state index contributed by atoms with van der Waals surface area (Å²) in [7, 11) is 1.53. The molecular weight excluding hydrogens is 268 g/mol. The molecule has 0 heterocycles. The van der Waals surface area contributed by atoms with Crippen LogP contribution in [0.1, 0.15) is 17.0 Å². The van der Waals surface area contributed by atoms with E-state index in [0.717, 1.165) is 5.56 Å². The van der Waals surface area contributed by atoms with Gasteiger partial charge in [0.05, 0.1) is 7.11 Å². The van der Waals surface area contributed by atoms with Crippen LogP contribution in [0, 0.1) is 6.92 Å². The lowest BCUT2D eigenvalue weighted by Gasteiger charge is -2.17. The molecule has 4 heteroatoms. The average Bonchev–Trinajstić information content (AvgIpc) is 2.49. The smallest absolute Gasteiger partial charge is 0.314 e. The van der Waals surface area contributed by atoms with Crippen LogP contribution in [0.3, 0.4) is 0 Å². The number of aryl methyl sites for hydroxylation is 1. The molecule has 0 spiro atoms. The first-order valence-electron chi connectivity index (χ1n) is 6.67. The first kappa shape index (κ1) is 14.9. The van der Waals surface area contributed by atoms with Crippen molar-refractivity contribution in [2.75, 3.05) is 13.7 Å². The van der Waals surface area contributed by atoms with E-state index in [4.69, 9.17) is 9.47 Å². The summed E-state index contributed by atoms with van der Waals surface area (Å²) < 4.78 is 10.9. The predicted octanol–water partition coefficient (Wildman–Crippen LogP) is 3.25. The number of hydrogen-bond donors (Lipinski definition) is 1. The quantitative estimate of drug-likeness (QED) is 0.885. The van der Waals surface area contributed by atoms with E-state index in [1.165, 1.54) is 7.11 Å². The third kappa shape index (κ3) is 3.54. The first-order valence-corrected chi connectivity index (χ1v) is 6.67. The van der Waals surface area contributed by atoms with Crippen LogP contribution in [0.25, 0.3) is 0 Å². The normalized spacial score (nSPS) is 11.7. The number of rotatable bonds is 6. The number of carboxylic acids is 1. The topological polar surface area (TPSA) is 55.8 Å². The molecule has 0 aliphatic carbocycles. The lowest BCUT2D eigenvalue weighted by molar-refractivity contribution is -0.139. The van der Waals surface area contributed by atoms with E-state index in [-0.39, 0.29) is 6.61 Å². The van der Waals surface area contributed by atoms with Crippen molar-refractivity contribution in [3.63, 3.8) is 0 Å². The summed E-state index contributed by atoms with van der Waals surface area (Å²) in [5.74, 6) is -0.467. The molecule has 2 rings (SSSR count). The monoisotopic (exact) mass is 286 g/mol. The van der Waals surface area contributed by atoms with Crippen molar-refractivity contribution in [1.29, 1.82) is 0 Å². The van der Waals surface area contributed by atoms with Gasteiger partial charge in [0.2, 0.25) is 0 Å². The predicted molar refractivity (Wildman–Crippen MR) is 80.0 cm³/mol. The number of benzene rings is 2. The van der Waals surface area contributed by atoms with E-state index in [0.29, 0.717) is 17.1 Å². The molecule has 4 nitrogen and oxygen atoms in total. The van der Waals surface area contributed by atoms with Crippen molar-refractivity contribution < 1.29 is 19.4 Å². The van der Waals surface area contributed by atoms with E-state index >= 15 is 0 Å². The molecule has 0 amide bonds. The minimum Gasteiger partial charge on any atom is -0.496 e. The maximum Gasteiger partial charge on any atom is 0.314 e. The molecule has 21 heavy (non-hydrogen) atoms. The molecule has 2 aromatic rings.